The Morgan fingerprint density at radius 1 is 1.41 bits per heavy atom. The SMILES string of the molecule is O=[N+]([O-])c1cccc(OCC2CCNCC2)c1. The molecule has 0 unspecified atom stereocenters. The number of piperidine rings is 1. The summed E-state index contributed by atoms with van der Waals surface area (Å²) in [6, 6.07) is 6.35. The van der Waals surface area contributed by atoms with E-state index < -0.39 is 4.92 Å². The molecule has 0 saturated carbocycles. The van der Waals surface area contributed by atoms with Crippen LogP contribution in [-0.4, -0.2) is 24.6 Å². The fourth-order valence-electron chi connectivity index (χ4n) is 1.95. The van der Waals surface area contributed by atoms with Crippen molar-refractivity contribution in [1.82, 2.24) is 5.32 Å². The summed E-state index contributed by atoms with van der Waals surface area (Å²) in [7, 11) is 0. The third-order valence-corrected chi connectivity index (χ3v) is 2.97. The van der Waals surface area contributed by atoms with Crippen molar-refractivity contribution in [3.8, 4) is 5.75 Å². The van der Waals surface area contributed by atoms with Crippen LogP contribution in [0.15, 0.2) is 24.3 Å². The van der Waals surface area contributed by atoms with E-state index in [1.54, 1.807) is 12.1 Å². The highest BCUT2D eigenvalue weighted by atomic mass is 16.6. The lowest BCUT2D eigenvalue weighted by Crippen LogP contribution is -2.30. The van der Waals surface area contributed by atoms with Crippen LogP contribution in [0, 0.1) is 16.0 Å². The van der Waals surface area contributed by atoms with Gasteiger partial charge in [-0.15, -0.1) is 0 Å². The summed E-state index contributed by atoms with van der Waals surface area (Å²) in [5.74, 6) is 1.13. The van der Waals surface area contributed by atoms with Gasteiger partial charge in [-0.25, -0.2) is 0 Å². The van der Waals surface area contributed by atoms with Crippen molar-refractivity contribution in [2.45, 2.75) is 12.8 Å². The van der Waals surface area contributed by atoms with Gasteiger partial charge in [0, 0.05) is 6.07 Å². The van der Waals surface area contributed by atoms with Crippen LogP contribution in [0.25, 0.3) is 0 Å². The van der Waals surface area contributed by atoms with E-state index in [0.29, 0.717) is 18.3 Å². The van der Waals surface area contributed by atoms with Crippen molar-refractivity contribution in [1.29, 1.82) is 0 Å². The van der Waals surface area contributed by atoms with Gasteiger partial charge in [-0.1, -0.05) is 6.07 Å². The molecular formula is C12H16N2O3. The largest absolute Gasteiger partial charge is 0.493 e. The van der Waals surface area contributed by atoms with Crippen molar-refractivity contribution in [3.63, 3.8) is 0 Å². The maximum atomic E-state index is 10.6. The molecule has 2 rings (SSSR count). The molecule has 92 valence electrons. The summed E-state index contributed by atoms with van der Waals surface area (Å²) in [5, 5.41) is 13.9. The average molecular weight is 236 g/mol. The lowest BCUT2D eigenvalue weighted by molar-refractivity contribution is -0.384. The standard InChI is InChI=1S/C12H16N2O3/c15-14(16)11-2-1-3-12(8-11)17-9-10-4-6-13-7-5-10/h1-3,8,10,13H,4-7,9H2. The number of hydrogen-bond acceptors (Lipinski definition) is 4. The molecule has 1 aliphatic heterocycles. The molecule has 1 fully saturated rings. The number of ether oxygens (including phenoxy) is 1. The molecule has 0 aromatic heterocycles. The maximum Gasteiger partial charge on any atom is 0.273 e. The summed E-state index contributed by atoms with van der Waals surface area (Å²) in [6.45, 7) is 2.70. The number of nitrogens with zero attached hydrogens (tertiary/aromatic N) is 1. The quantitative estimate of drug-likeness (QED) is 0.641. The second kappa shape index (κ2) is 5.63. The monoisotopic (exact) mass is 236 g/mol. The molecule has 0 bridgehead atoms. The van der Waals surface area contributed by atoms with Crippen molar-refractivity contribution in [2.24, 2.45) is 5.92 Å². The van der Waals surface area contributed by atoms with Crippen LogP contribution in [0.2, 0.25) is 0 Å². The normalized spacial score (nSPS) is 16.7. The number of non-ortho nitro benzene ring substituents is 1. The highest BCUT2D eigenvalue weighted by Crippen LogP contribution is 2.21. The average Bonchev–Trinajstić information content (AvgIpc) is 2.38. The molecule has 0 radical (unpaired) electrons. The van der Waals surface area contributed by atoms with Crippen LogP contribution in [0.3, 0.4) is 0 Å². The first kappa shape index (κ1) is 11.9. The Labute approximate surface area is 99.9 Å². The lowest BCUT2D eigenvalue weighted by atomic mass is 9.99. The third-order valence-electron chi connectivity index (χ3n) is 2.97. The first-order chi connectivity index (χ1) is 8.25. The molecule has 0 amide bonds. The van der Waals surface area contributed by atoms with Crippen molar-refractivity contribution < 1.29 is 9.66 Å². The molecule has 1 aromatic carbocycles. The van der Waals surface area contributed by atoms with Crippen LogP contribution >= 0.6 is 0 Å². The zero-order valence-electron chi connectivity index (χ0n) is 9.59. The van der Waals surface area contributed by atoms with Gasteiger partial charge in [0.1, 0.15) is 5.75 Å². The molecule has 0 spiro atoms. The summed E-state index contributed by atoms with van der Waals surface area (Å²) in [5.41, 5.74) is 0.0767. The molecule has 0 aliphatic carbocycles. The molecule has 1 N–H and O–H groups in total. The van der Waals surface area contributed by atoms with Crippen LogP contribution in [0.1, 0.15) is 12.8 Å². The van der Waals surface area contributed by atoms with Crippen molar-refractivity contribution in [2.75, 3.05) is 19.7 Å². The lowest BCUT2D eigenvalue weighted by Gasteiger charge is -2.22. The van der Waals surface area contributed by atoms with Crippen molar-refractivity contribution >= 4 is 5.69 Å². The molecule has 5 heteroatoms. The first-order valence-corrected chi connectivity index (χ1v) is 5.83. The van der Waals surface area contributed by atoms with Crippen LogP contribution < -0.4 is 10.1 Å². The van der Waals surface area contributed by atoms with E-state index in [1.165, 1.54) is 12.1 Å². The highest BCUT2D eigenvalue weighted by molar-refractivity contribution is 5.37. The minimum atomic E-state index is -0.405. The zero-order chi connectivity index (χ0) is 12.1. The molecule has 1 saturated heterocycles. The Balaban J connectivity index is 1.89. The van der Waals surface area contributed by atoms with Gasteiger partial charge in [0.15, 0.2) is 0 Å². The minimum Gasteiger partial charge on any atom is -0.493 e. The fourth-order valence-corrected chi connectivity index (χ4v) is 1.95. The smallest absolute Gasteiger partial charge is 0.273 e. The Kier molecular flexibility index (Phi) is 3.93. The molecule has 0 atom stereocenters. The summed E-state index contributed by atoms with van der Waals surface area (Å²) >= 11 is 0. The Morgan fingerprint density at radius 3 is 2.88 bits per heavy atom. The predicted molar refractivity (Wildman–Crippen MR) is 64.2 cm³/mol. The fraction of sp³-hybridized carbons (Fsp3) is 0.500. The van der Waals surface area contributed by atoms with Crippen LogP contribution in [0.4, 0.5) is 5.69 Å². The number of hydrogen-bond donors (Lipinski definition) is 1. The van der Waals surface area contributed by atoms with E-state index in [1.807, 2.05) is 0 Å². The Hall–Kier alpha value is -1.62. The molecule has 17 heavy (non-hydrogen) atoms. The first-order valence-electron chi connectivity index (χ1n) is 5.83. The highest BCUT2D eigenvalue weighted by Gasteiger charge is 2.14. The number of nitrogens with one attached hydrogen (secondary N) is 1. The van der Waals surface area contributed by atoms with Gasteiger partial charge in [-0.2, -0.15) is 0 Å². The van der Waals surface area contributed by atoms with Gasteiger partial charge in [0.25, 0.3) is 5.69 Å². The van der Waals surface area contributed by atoms with Gasteiger partial charge >= 0.3 is 0 Å². The maximum absolute atomic E-state index is 10.6. The second-order valence-electron chi connectivity index (χ2n) is 4.26. The zero-order valence-corrected chi connectivity index (χ0v) is 9.59. The van der Waals surface area contributed by atoms with E-state index >= 15 is 0 Å². The number of rotatable bonds is 4. The molecule has 1 aromatic rings. The van der Waals surface area contributed by atoms with E-state index in [-0.39, 0.29) is 5.69 Å². The van der Waals surface area contributed by atoms with Crippen LogP contribution in [-0.2, 0) is 0 Å². The number of nitro benzene ring substituents is 1. The Morgan fingerprint density at radius 2 is 2.18 bits per heavy atom. The summed E-state index contributed by atoms with van der Waals surface area (Å²) in [4.78, 5) is 10.2. The van der Waals surface area contributed by atoms with Gasteiger partial charge in [0.05, 0.1) is 17.6 Å². The van der Waals surface area contributed by atoms with E-state index in [4.69, 9.17) is 4.74 Å². The molecule has 1 aliphatic rings. The van der Waals surface area contributed by atoms with E-state index in [9.17, 15) is 10.1 Å². The summed E-state index contributed by atoms with van der Waals surface area (Å²) < 4.78 is 5.60. The number of nitro groups is 1. The van der Waals surface area contributed by atoms with Gasteiger partial charge in [0.2, 0.25) is 0 Å². The van der Waals surface area contributed by atoms with Crippen LogP contribution in [0.5, 0.6) is 5.75 Å². The van der Waals surface area contributed by atoms with Gasteiger partial charge in [-0.3, -0.25) is 10.1 Å². The van der Waals surface area contributed by atoms with E-state index in [2.05, 4.69) is 5.32 Å². The predicted octanol–water partition coefficient (Wildman–Crippen LogP) is 1.97. The number of benzene rings is 1. The summed E-state index contributed by atoms with van der Waals surface area (Å²) in [6.07, 6.45) is 2.21. The molecule has 5 nitrogen and oxygen atoms in total. The topological polar surface area (TPSA) is 64.4 Å². The van der Waals surface area contributed by atoms with E-state index in [0.717, 1.165) is 25.9 Å². The van der Waals surface area contributed by atoms with Gasteiger partial charge in [-0.05, 0) is 37.9 Å². The Bertz CT molecular complexity index is 389. The van der Waals surface area contributed by atoms with Gasteiger partial charge < -0.3 is 10.1 Å². The molecule has 1 heterocycles. The third kappa shape index (κ3) is 3.42. The second-order valence-corrected chi connectivity index (χ2v) is 4.26. The minimum absolute atomic E-state index is 0.0767. The van der Waals surface area contributed by atoms with Crippen molar-refractivity contribution in [3.05, 3.63) is 34.4 Å². The molecular weight excluding hydrogens is 220 g/mol.